The predicted octanol–water partition coefficient (Wildman–Crippen LogP) is 3.52. The summed E-state index contributed by atoms with van der Waals surface area (Å²) in [5, 5.41) is 13.0. The molecular formula is C12H11ClFNOS. The summed E-state index contributed by atoms with van der Waals surface area (Å²) in [5.74, 6) is -0.406. The van der Waals surface area contributed by atoms with Gasteiger partial charge in [0.25, 0.3) is 0 Å². The zero-order valence-electron chi connectivity index (χ0n) is 9.15. The molecule has 0 saturated carbocycles. The summed E-state index contributed by atoms with van der Waals surface area (Å²) in [5.41, 5.74) is 1.46. The molecule has 0 radical (unpaired) electrons. The molecule has 0 bridgehead atoms. The van der Waals surface area contributed by atoms with Crippen molar-refractivity contribution in [3.8, 4) is 0 Å². The van der Waals surface area contributed by atoms with E-state index in [1.807, 2.05) is 12.3 Å². The second-order valence-electron chi connectivity index (χ2n) is 3.77. The largest absolute Gasteiger partial charge is 0.388 e. The van der Waals surface area contributed by atoms with Gasteiger partial charge in [-0.3, -0.25) is 0 Å². The minimum Gasteiger partial charge on any atom is -0.388 e. The van der Waals surface area contributed by atoms with Crippen LogP contribution >= 0.6 is 22.9 Å². The van der Waals surface area contributed by atoms with Gasteiger partial charge in [0, 0.05) is 22.5 Å². The van der Waals surface area contributed by atoms with Gasteiger partial charge in [0.15, 0.2) is 0 Å². The van der Waals surface area contributed by atoms with Crippen LogP contribution in [0.25, 0.3) is 0 Å². The van der Waals surface area contributed by atoms with Crippen molar-refractivity contribution >= 4 is 22.9 Å². The predicted molar refractivity (Wildman–Crippen MR) is 66.9 cm³/mol. The fourth-order valence-corrected chi connectivity index (χ4v) is 2.65. The van der Waals surface area contributed by atoms with Crippen molar-refractivity contribution in [1.82, 2.24) is 4.98 Å². The SMILES string of the molecule is Cc1csc(CC(O)c2ccc(F)cc2Cl)n1. The second kappa shape index (κ2) is 5.12. The normalized spacial score (nSPS) is 12.7. The van der Waals surface area contributed by atoms with E-state index >= 15 is 0 Å². The molecule has 1 heterocycles. The Morgan fingerprint density at radius 3 is 2.88 bits per heavy atom. The molecular weight excluding hydrogens is 261 g/mol. The minimum absolute atomic E-state index is 0.241. The lowest BCUT2D eigenvalue weighted by Gasteiger charge is -2.11. The highest BCUT2D eigenvalue weighted by atomic mass is 35.5. The highest BCUT2D eigenvalue weighted by Gasteiger charge is 2.14. The Balaban J connectivity index is 2.17. The number of thiazole rings is 1. The van der Waals surface area contributed by atoms with Gasteiger partial charge in [0.05, 0.1) is 11.1 Å². The molecule has 1 unspecified atom stereocenters. The molecule has 17 heavy (non-hydrogen) atoms. The average Bonchev–Trinajstić information content (AvgIpc) is 2.63. The molecule has 2 rings (SSSR count). The first-order chi connectivity index (χ1) is 8.06. The number of rotatable bonds is 3. The van der Waals surface area contributed by atoms with Gasteiger partial charge in [0.1, 0.15) is 5.82 Å². The van der Waals surface area contributed by atoms with Crippen molar-refractivity contribution in [3.05, 3.63) is 50.7 Å². The molecule has 1 atom stereocenters. The van der Waals surface area contributed by atoms with Crippen LogP contribution < -0.4 is 0 Å². The number of aromatic nitrogens is 1. The van der Waals surface area contributed by atoms with Crippen LogP contribution in [0.3, 0.4) is 0 Å². The van der Waals surface area contributed by atoms with Crippen LogP contribution in [0.2, 0.25) is 5.02 Å². The van der Waals surface area contributed by atoms with Crippen LogP contribution in [0.5, 0.6) is 0 Å². The van der Waals surface area contributed by atoms with E-state index in [1.165, 1.54) is 29.5 Å². The summed E-state index contributed by atoms with van der Waals surface area (Å²) in [7, 11) is 0. The highest BCUT2D eigenvalue weighted by Crippen LogP contribution is 2.27. The molecule has 1 aromatic carbocycles. The molecule has 1 N–H and O–H groups in total. The Hall–Kier alpha value is -0.970. The Labute approximate surface area is 108 Å². The monoisotopic (exact) mass is 271 g/mol. The third-order valence-electron chi connectivity index (χ3n) is 2.36. The van der Waals surface area contributed by atoms with Gasteiger partial charge in [-0.1, -0.05) is 17.7 Å². The van der Waals surface area contributed by atoms with Crippen LogP contribution in [0.4, 0.5) is 4.39 Å². The number of benzene rings is 1. The van der Waals surface area contributed by atoms with Crippen molar-refractivity contribution in [3.63, 3.8) is 0 Å². The molecule has 0 fully saturated rings. The number of aliphatic hydroxyl groups is 1. The Bertz CT molecular complexity index is 529. The molecule has 0 aliphatic rings. The van der Waals surface area contributed by atoms with Crippen molar-refractivity contribution in [2.45, 2.75) is 19.4 Å². The average molecular weight is 272 g/mol. The van der Waals surface area contributed by atoms with Crippen LogP contribution in [-0.2, 0) is 6.42 Å². The molecule has 5 heteroatoms. The van der Waals surface area contributed by atoms with Crippen LogP contribution in [0, 0.1) is 12.7 Å². The van der Waals surface area contributed by atoms with Gasteiger partial charge in [-0.25, -0.2) is 9.37 Å². The van der Waals surface area contributed by atoms with E-state index < -0.39 is 11.9 Å². The summed E-state index contributed by atoms with van der Waals surface area (Å²) in [6.07, 6.45) is -0.363. The summed E-state index contributed by atoms with van der Waals surface area (Å²) in [4.78, 5) is 4.26. The Morgan fingerprint density at radius 2 is 2.29 bits per heavy atom. The molecule has 0 spiro atoms. The van der Waals surface area contributed by atoms with Crippen LogP contribution in [0.15, 0.2) is 23.6 Å². The maximum absolute atomic E-state index is 12.9. The van der Waals surface area contributed by atoms with E-state index in [4.69, 9.17) is 11.6 Å². The maximum atomic E-state index is 12.9. The van der Waals surface area contributed by atoms with E-state index in [0.717, 1.165) is 10.7 Å². The van der Waals surface area contributed by atoms with Gasteiger partial charge in [0.2, 0.25) is 0 Å². The lowest BCUT2D eigenvalue weighted by Crippen LogP contribution is -2.02. The first kappa shape index (κ1) is 12.5. The molecule has 2 aromatic rings. The number of aryl methyl sites for hydroxylation is 1. The maximum Gasteiger partial charge on any atom is 0.124 e. The van der Waals surface area contributed by atoms with Crippen LogP contribution in [-0.4, -0.2) is 10.1 Å². The summed E-state index contributed by atoms with van der Waals surface area (Å²) in [6, 6.07) is 3.99. The molecule has 1 aromatic heterocycles. The zero-order chi connectivity index (χ0) is 12.4. The first-order valence-corrected chi connectivity index (χ1v) is 6.36. The highest BCUT2D eigenvalue weighted by molar-refractivity contribution is 7.09. The van der Waals surface area contributed by atoms with E-state index in [1.54, 1.807) is 0 Å². The smallest absolute Gasteiger partial charge is 0.124 e. The first-order valence-electron chi connectivity index (χ1n) is 5.10. The Kier molecular flexibility index (Phi) is 3.76. The number of nitrogens with zero attached hydrogens (tertiary/aromatic N) is 1. The van der Waals surface area contributed by atoms with E-state index in [9.17, 15) is 9.50 Å². The second-order valence-corrected chi connectivity index (χ2v) is 5.12. The fourth-order valence-electron chi connectivity index (χ4n) is 1.54. The van der Waals surface area contributed by atoms with E-state index in [0.29, 0.717) is 12.0 Å². The quantitative estimate of drug-likeness (QED) is 0.927. The summed E-state index contributed by atoms with van der Waals surface area (Å²) < 4.78 is 12.9. The van der Waals surface area contributed by atoms with Crippen LogP contribution in [0.1, 0.15) is 22.4 Å². The van der Waals surface area contributed by atoms with Crippen molar-refractivity contribution in [2.24, 2.45) is 0 Å². The zero-order valence-corrected chi connectivity index (χ0v) is 10.7. The van der Waals surface area contributed by atoms with Gasteiger partial charge < -0.3 is 5.11 Å². The van der Waals surface area contributed by atoms with E-state index in [2.05, 4.69) is 4.98 Å². The molecule has 0 saturated heterocycles. The van der Waals surface area contributed by atoms with E-state index in [-0.39, 0.29) is 5.02 Å². The topological polar surface area (TPSA) is 33.1 Å². The standard InChI is InChI=1S/C12H11ClFNOS/c1-7-6-17-12(15-7)5-11(16)9-3-2-8(14)4-10(9)13/h2-4,6,11,16H,5H2,1H3. The number of aliphatic hydroxyl groups excluding tert-OH is 1. The summed E-state index contributed by atoms with van der Waals surface area (Å²) in [6.45, 7) is 1.90. The van der Waals surface area contributed by atoms with Gasteiger partial charge >= 0.3 is 0 Å². The van der Waals surface area contributed by atoms with Gasteiger partial charge in [-0.2, -0.15) is 0 Å². The number of hydrogen-bond acceptors (Lipinski definition) is 3. The van der Waals surface area contributed by atoms with Gasteiger partial charge in [-0.05, 0) is 24.6 Å². The number of halogens is 2. The molecule has 0 aliphatic carbocycles. The van der Waals surface area contributed by atoms with Gasteiger partial charge in [-0.15, -0.1) is 11.3 Å². The van der Waals surface area contributed by atoms with Crippen molar-refractivity contribution < 1.29 is 9.50 Å². The lowest BCUT2D eigenvalue weighted by atomic mass is 10.1. The summed E-state index contributed by atoms with van der Waals surface area (Å²) >= 11 is 7.37. The van der Waals surface area contributed by atoms with Crippen molar-refractivity contribution in [1.29, 1.82) is 0 Å². The molecule has 0 aliphatic heterocycles. The molecule has 0 amide bonds. The molecule has 90 valence electrons. The molecule has 2 nitrogen and oxygen atoms in total. The fraction of sp³-hybridized carbons (Fsp3) is 0.250. The number of hydrogen-bond donors (Lipinski definition) is 1. The lowest BCUT2D eigenvalue weighted by molar-refractivity contribution is 0.178. The van der Waals surface area contributed by atoms with Crippen molar-refractivity contribution in [2.75, 3.05) is 0 Å². The Morgan fingerprint density at radius 1 is 1.53 bits per heavy atom. The minimum atomic E-state index is -0.756. The third kappa shape index (κ3) is 3.03. The third-order valence-corrected chi connectivity index (χ3v) is 3.67.